The highest BCUT2D eigenvalue weighted by atomic mass is 28.3. The van der Waals surface area contributed by atoms with Crippen LogP contribution in [0.3, 0.4) is 0 Å². The van der Waals surface area contributed by atoms with Crippen molar-refractivity contribution in [1.29, 1.82) is 0 Å². The molecule has 1 aliphatic heterocycles. The fourth-order valence-corrected chi connectivity index (χ4v) is 5.28. The molecular formula is C26H37F3N6O2Si. The Bertz CT molecular complexity index is 1350. The number of nitrogens with zero attached hydrogens (tertiary/aromatic N) is 4. The molecule has 0 aromatic carbocycles. The predicted molar refractivity (Wildman–Crippen MR) is 146 cm³/mol. The molecule has 208 valence electrons. The van der Waals surface area contributed by atoms with Crippen molar-refractivity contribution in [1.82, 2.24) is 24.4 Å². The molecule has 12 heteroatoms. The van der Waals surface area contributed by atoms with Gasteiger partial charge in [0.25, 0.3) is 5.56 Å². The first-order valence-electron chi connectivity index (χ1n) is 12.9. The lowest BCUT2D eigenvalue weighted by Gasteiger charge is -2.36. The number of alkyl halides is 3. The van der Waals surface area contributed by atoms with Crippen LogP contribution in [0.15, 0.2) is 29.5 Å². The minimum Gasteiger partial charge on any atom is -0.361 e. The molecule has 0 bridgehead atoms. The topological polar surface area (TPSA) is 86.0 Å². The maximum absolute atomic E-state index is 14.1. The Kier molecular flexibility index (Phi) is 7.79. The van der Waals surface area contributed by atoms with Crippen LogP contribution in [-0.4, -0.2) is 51.9 Å². The van der Waals surface area contributed by atoms with E-state index in [9.17, 15) is 18.0 Å². The summed E-state index contributed by atoms with van der Waals surface area (Å²) in [5.74, 6) is 0.121. The van der Waals surface area contributed by atoms with Gasteiger partial charge in [0.1, 0.15) is 17.8 Å². The Morgan fingerprint density at radius 3 is 2.66 bits per heavy atom. The first-order chi connectivity index (χ1) is 17.6. The molecule has 8 nitrogen and oxygen atoms in total. The summed E-state index contributed by atoms with van der Waals surface area (Å²) in [7, 11) is 0.278. The van der Waals surface area contributed by atoms with Crippen LogP contribution < -0.4 is 16.2 Å². The van der Waals surface area contributed by atoms with Gasteiger partial charge in [-0.05, 0) is 38.8 Å². The second-order valence-electron chi connectivity index (χ2n) is 12.0. The van der Waals surface area contributed by atoms with E-state index < -0.39 is 19.8 Å². The number of ether oxygens (including phenoxy) is 1. The van der Waals surface area contributed by atoms with Crippen LogP contribution in [0.25, 0.3) is 22.2 Å². The van der Waals surface area contributed by atoms with Gasteiger partial charge >= 0.3 is 6.18 Å². The van der Waals surface area contributed by atoms with E-state index in [1.165, 1.54) is 10.8 Å². The van der Waals surface area contributed by atoms with Gasteiger partial charge in [-0.1, -0.05) is 19.6 Å². The maximum Gasteiger partial charge on any atom is 0.419 e. The molecule has 0 unspecified atom stereocenters. The monoisotopic (exact) mass is 550 g/mol. The molecule has 38 heavy (non-hydrogen) atoms. The molecule has 4 heterocycles. The van der Waals surface area contributed by atoms with Gasteiger partial charge in [-0.15, -0.1) is 0 Å². The van der Waals surface area contributed by atoms with Crippen molar-refractivity contribution in [3.63, 3.8) is 0 Å². The molecule has 0 spiro atoms. The van der Waals surface area contributed by atoms with E-state index in [0.29, 0.717) is 18.5 Å². The van der Waals surface area contributed by atoms with Gasteiger partial charge in [-0.25, -0.2) is 9.97 Å². The second-order valence-corrected chi connectivity index (χ2v) is 17.6. The highest BCUT2D eigenvalue weighted by Gasteiger charge is 2.37. The minimum atomic E-state index is -4.67. The van der Waals surface area contributed by atoms with E-state index in [1.54, 1.807) is 23.9 Å². The summed E-state index contributed by atoms with van der Waals surface area (Å²) < 4.78 is 51.2. The first-order valence-corrected chi connectivity index (χ1v) is 16.6. The number of aryl methyl sites for hydroxylation is 1. The highest BCUT2D eigenvalue weighted by molar-refractivity contribution is 6.76. The third kappa shape index (κ3) is 6.46. The van der Waals surface area contributed by atoms with E-state index in [-0.39, 0.29) is 46.6 Å². The Balaban J connectivity index is 1.74. The van der Waals surface area contributed by atoms with Crippen molar-refractivity contribution in [3.8, 4) is 11.3 Å². The Labute approximate surface area is 221 Å². The van der Waals surface area contributed by atoms with Crippen molar-refractivity contribution < 1.29 is 17.9 Å². The Morgan fingerprint density at radius 2 is 2.03 bits per heavy atom. The second kappa shape index (κ2) is 10.5. The molecule has 3 aromatic rings. The quantitative estimate of drug-likeness (QED) is 0.301. The summed E-state index contributed by atoms with van der Waals surface area (Å²) in [4.78, 5) is 21.4. The summed E-state index contributed by atoms with van der Waals surface area (Å²) in [5, 5.41) is 7.01. The molecule has 4 rings (SSSR count). The molecule has 3 aromatic heterocycles. The SMILES string of the molecule is Cn1ccc2c(-c3nc(N[C@H]4CCC(C)(C)NC4)ncc3C(F)(F)F)cn(COCC[Si](C)(C)C)c2c1=O. The number of anilines is 1. The van der Waals surface area contributed by atoms with E-state index in [2.05, 4.69) is 54.1 Å². The van der Waals surface area contributed by atoms with Gasteiger partial charge in [-0.2, -0.15) is 13.2 Å². The average Bonchev–Trinajstić information content (AvgIpc) is 3.18. The van der Waals surface area contributed by atoms with E-state index in [1.807, 2.05) is 0 Å². The molecular weight excluding hydrogens is 513 g/mol. The third-order valence-electron chi connectivity index (χ3n) is 6.96. The number of hydrogen-bond donors (Lipinski definition) is 2. The van der Waals surface area contributed by atoms with Gasteiger partial charge < -0.3 is 24.5 Å². The van der Waals surface area contributed by atoms with Crippen LogP contribution in [0.1, 0.15) is 32.3 Å². The molecule has 0 saturated carbocycles. The van der Waals surface area contributed by atoms with Crippen molar-refractivity contribution >= 4 is 24.9 Å². The van der Waals surface area contributed by atoms with Gasteiger partial charge in [0.15, 0.2) is 0 Å². The molecule has 0 aliphatic carbocycles. The molecule has 1 saturated heterocycles. The zero-order valence-electron chi connectivity index (χ0n) is 22.9. The number of fused-ring (bicyclic) bond motifs is 1. The number of pyridine rings is 1. The fourth-order valence-electron chi connectivity index (χ4n) is 4.53. The number of piperidine rings is 1. The molecule has 0 radical (unpaired) electrons. The van der Waals surface area contributed by atoms with E-state index in [4.69, 9.17) is 4.74 Å². The molecule has 0 amide bonds. The predicted octanol–water partition coefficient (Wildman–Crippen LogP) is 5.07. The van der Waals surface area contributed by atoms with E-state index >= 15 is 0 Å². The van der Waals surface area contributed by atoms with Gasteiger partial charge in [0.05, 0.1) is 5.69 Å². The zero-order chi connectivity index (χ0) is 27.9. The van der Waals surface area contributed by atoms with Gasteiger partial charge in [-0.3, -0.25) is 4.79 Å². The number of aromatic nitrogens is 4. The smallest absolute Gasteiger partial charge is 0.361 e. The van der Waals surface area contributed by atoms with Crippen LogP contribution in [0.5, 0.6) is 0 Å². The standard InChI is InChI=1S/C26H37F3N6O2Si/c1-25(2)9-7-17(13-31-25)32-24-30-14-20(26(27,28)29)21(33-24)19-15-35(16-37-11-12-38(4,5)6)22-18(19)8-10-34(3)23(22)36/h8,10,14-15,17,31H,7,9,11-13,16H2,1-6H3,(H,30,32,33)/t17-/m0/s1. The van der Waals surface area contributed by atoms with Crippen molar-refractivity contribution in [2.24, 2.45) is 7.05 Å². The fraction of sp³-hybridized carbons (Fsp3) is 0.577. The number of nitrogens with one attached hydrogen (secondary N) is 2. The molecule has 1 fully saturated rings. The maximum atomic E-state index is 14.1. The number of hydrogen-bond acceptors (Lipinski definition) is 6. The summed E-state index contributed by atoms with van der Waals surface area (Å²) in [6, 6.07) is 2.57. The van der Waals surface area contributed by atoms with Crippen LogP contribution in [-0.2, 0) is 24.7 Å². The van der Waals surface area contributed by atoms with Gasteiger partial charge in [0, 0.05) is 69.4 Å². The minimum absolute atomic E-state index is 0.00941. The van der Waals surface area contributed by atoms with Crippen molar-refractivity contribution in [3.05, 3.63) is 40.6 Å². The number of rotatable bonds is 8. The van der Waals surface area contributed by atoms with Crippen LogP contribution in [0, 0.1) is 0 Å². The normalized spacial score (nSPS) is 18.2. The molecule has 1 atom stereocenters. The largest absolute Gasteiger partial charge is 0.419 e. The zero-order valence-corrected chi connectivity index (χ0v) is 23.9. The lowest BCUT2D eigenvalue weighted by molar-refractivity contribution is -0.137. The summed E-state index contributed by atoms with van der Waals surface area (Å²) >= 11 is 0. The van der Waals surface area contributed by atoms with Crippen molar-refractivity contribution in [2.45, 2.75) is 76.9 Å². The van der Waals surface area contributed by atoms with Crippen LogP contribution >= 0.6 is 0 Å². The molecule has 2 N–H and O–H groups in total. The lowest BCUT2D eigenvalue weighted by Crippen LogP contribution is -2.50. The average molecular weight is 551 g/mol. The van der Waals surface area contributed by atoms with Crippen molar-refractivity contribution in [2.75, 3.05) is 18.5 Å². The van der Waals surface area contributed by atoms with Crippen LogP contribution in [0.4, 0.5) is 19.1 Å². The highest BCUT2D eigenvalue weighted by Crippen LogP contribution is 2.39. The summed E-state index contributed by atoms with van der Waals surface area (Å²) in [6.45, 7) is 12.2. The van der Waals surface area contributed by atoms with Crippen LogP contribution in [0.2, 0.25) is 25.7 Å². The number of halogens is 3. The Morgan fingerprint density at radius 1 is 1.29 bits per heavy atom. The first kappa shape index (κ1) is 28.3. The summed E-state index contributed by atoms with van der Waals surface area (Å²) in [5.41, 5.74) is -1.04. The van der Waals surface area contributed by atoms with E-state index in [0.717, 1.165) is 25.1 Å². The summed E-state index contributed by atoms with van der Waals surface area (Å²) in [6.07, 6.45) is 0.975. The molecule has 1 aliphatic rings. The van der Waals surface area contributed by atoms with Gasteiger partial charge in [0.2, 0.25) is 5.95 Å². The lowest BCUT2D eigenvalue weighted by atomic mass is 9.91. The third-order valence-corrected chi connectivity index (χ3v) is 8.66. The Hall–Kier alpha value is -2.70.